The number of benzene rings is 3. The Bertz CT molecular complexity index is 1010. The molecule has 0 atom stereocenters. The van der Waals surface area contributed by atoms with E-state index in [2.05, 4.69) is 23.6 Å². The zero-order chi connectivity index (χ0) is 25.2. The van der Waals surface area contributed by atoms with Crippen LogP contribution in [0, 0.1) is 17.2 Å². The zero-order valence-corrected chi connectivity index (χ0v) is 21.4. The molecule has 0 aliphatic carbocycles. The average molecular weight is 478 g/mol. The van der Waals surface area contributed by atoms with Gasteiger partial charge in [0.05, 0.1) is 11.6 Å². The Hall–Kier alpha value is -3.13. The molecule has 0 saturated carbocycles. The first-order chi connectivity index (χ1) is 16.5. The lowest BCUT2D eigenvalue weighted by Crippen LogP contribution is -2.26. The first kappa shape index (κ1) is 28.9. The fourth-order valence-electron chi connectivity index (χ4n) is 3.13. The summed E-state index contributed by atoms with van der Waals surface area (Å²) in [5.74, 6) is 0.883. The van der Waals surface area contributed by atoms with Crippen molar-refractivity contribution in [3.8, 4) is 17.2 Å². The van der Waals surface area contributed by atoms with Crippen molar-refractivity contribution >= 4 is 23.2 Å². The van der Waals surface area contributed by atoms with Crippen LogP contribution in [-0.2, 0) is 4.79 Å². The average Bonchev–Trinajstić information content (AvgIpc) is 2.87. The Balaban J connectivity index is 0.000000258. The van der Waals surface area contributed by atoms with Crippen LogP contribution >= 0.6 is 11.6 Å². The van der Waals surface area contributed by atoms with Crippen molar-refractivity contribution in [1.82, 2.24) is 5.32 Å². The number of nitrogens with zero attached hydrogens (tertiary/aromatic N) is 1. The number of halogens is 1. The molecule has 4 rings (SSSR count). The minimum atomic E-state index is -0.0905. The van der Waals surface area contributed by atoms with Crippen molar-refractivity contribution in [3.05, 3.63) is 89.4 Å². The highest BCUT2D eigenvalue weighted by Gasteiger charge is 2.05. The molecule has 0 aromatic heterocycles. The number of nitriles is 1. The normalized spacial score (nSPS) is 12.2. The van der Waals surface area contributed by atoms with Crippen LogP contribution in [0.15, 0.2) is 78.9 Å². The fourth-order valence-corrected chi connectivity index (χ4v) is 3.32. The monoisotopic (exact) mass is 477 g/mol. The first-order valence-corrected chi connectivity index (χ1v) is 12.1. The highest BCUT2D eigenvalue weighted by Crippen LogP contribution is 2.19. The summed E-state index contributed by atoms with van der Waals surface area (Å²) in [5.41, 5.74) is 3.66. The van der Waals surface area contributed by atoms with Crippen molar-refractivity contribution < 1.29 is 4.79 Å². The maximum Gasteiger partial charge on any atom is 0.221 e. The summed E-state index contributed by atoms with van der Waals surface area (Å²) in [7, 11) is 0. The maximum absolute atomic E-state index is 10.6. The standard InChI is InChI=1S/C13H9N.C8H8ClNO.C6H13N.C2H6/c14-10-11-5-4-8-13(9-11)12-6-2-1-3-7-12;1-6(11)10-8-4-2-3-7(9)5-8;1-6-2-4-7-5-3-6;1-2/h1-9H;2-5H,1H3,(H,10,11);6-7H,2-5H2,1H3;1-2H3. The van der Waals surface area contributed by atoms with Gasteiger partial charge in [-0.15, -0.1) is 0 Å². The van der Waals surface area contributed by atoms with E-state index in [4.69, 9.17) is 16.9 Å². The molecule has 2 N–H and O–H groups in total. The highest BCUT2D eigenvalue weighted by molar-refractivity contribution is 6.30. The highest BCUT2D eigenvalue weighted by atomic mass is 35.5. The molecule has 0 radical (unpaired) electrons. The molecule has 1 fully saturated rings. The lowest BCUT2D eigenvalue weighted by molar-refractivity contribution is -0.114. The molecule has 5 heteroatoms. The molecule has 180 valence electrons. The smallest absolute Gasteiger partial charge is 0.221 e. The van der Waals surface area contributed by atoms with Gasteiger partial charge < -0.3 is 10.6 Å². The van der Waals surface area contributed by atoms with Crippen molar-refractivity contribution in [2.24, 2.45) is 5.92 Å². The van der Waals surface area contributed by atoms with Crippen molar-refractivity contribution in [1.29, 1.82) is 5.26 Å². The number of piperidine rings is 1. The van der Waals surface area contributed by atoms with Gasteiger partial charge in [-0.3, -0.25) is 4.79 Å². The van der Waals surface area contributed by atoms with E-state index in [0.29, 0.717) is 10.6 Å². The molecule has 4 nitrogen and oxygen atoms in total. The van der Waals surface area contributed by atoms with Gasteiger partial charge in [-0.05, 0) is 73.3 Å². The number of carbonyl (C=O) groups excluding carboxylic acids is 1. The SMILES string of the molecule is CC.CC(=O)Nc1cccc(Cl)c1.CC1CCNCC1.N#Cc1cccc(-c2ccccc2)c1. The molecule has 1 amide bonds. The number of nitrogens with one attached hydrogen (secondary N) is 2. The quantitative estimate of drug-likeness (QED) is 0.400. The Morgan fingerprint density at radius 1 is 0.941 bits per heavy atom. The lowest BCUT2D eigenvalue weighted by atomic mass is 10.0. The summed E-state index contributed by atoms with van der Waals surface area (Å²) in [6, 6.07) is 26.8. The third-order valence-corrected chi connectivity index (χ3v) is 5.11. The molecule has 3 aromatic carbocycles. The van der Waals surface area contributed by atoms with Gasteiger partial charge in [0, 0.05) is 17.6 Å². The lowest BCUT2D eigenvalue weighted by Gasteiger charge is -2.17. The third kappa shape index (κ3) is 12.2. The van der Waals surface area contributed by atoms with Gasteiger partial charge in [-0.1, -0.05) is 80.9 Å². The van der Waals surface area contributed by atoms with E-state index in [0.717, 1.165) is 22.7 Å². The Labute approximate surface area is 210 Å². The minimum absolute atomic E-state index is 0.0905. The Morgan fingerprint density at radius 3 is 2.09 bits per heavy atom. The maximum atomic E-state index is 10.6. The van der Waals surface area contributed by atoms with Crippen LogP contribution in [0.25, 0.3) is 11.1 Å². The predicted octanol–water partition coefficient (Wildman–Crippen LogP) is 7.56. The molecule has 34 heavy (non-hydrogen) atoms. The summed E-state index contributed by atoms with van der Waals surface area (Å²) in [4.78, 5) is 10.6. The van der Waals surface area contributed by atoms with Crippen molar-refractivity contribution in [2.45, 2.75) is 40.5 Å². The van der Waals surface area contributed by atoms with Crippen molar-refractivity contribution in [2.75, 3.05) is 18.4 Å². The summed E-state index contributed by atoms with van der Waals surface area (Å²) < 4.78 is 0. The van der Waals surface area contributed by atoms with Gasteiger partial charge in [0.1, 0.15) is 0 Å². The number of hydrogen-bond donors (Lipinski definition) is 2. The van der Waals surface area contributed by atoms with Crippen LogP contribution in [0.5, 0.6) is 0 Å². The topological polar surface area (TPSA) is 64.9 Å². The first-order valence-electron chi connectivity index (χ1n) is 11.8. The van der Waals surface area contributed by atoms with Crippen LogP contribution in [0.1, 0.15) is 46.1 Å². The summed E-state index contributed by atoms with van der Waals surface area (Å²) in [5, 5.41) is 15.3. The van der Waals surface area contributed by atoms with Crippen LogP contribution < -0.4 is 10.6 Å². The van der Waals surface area contributed by atoms with Gasteiger partial charge in [0.2, 0.25) is 5.91 Å². The van der Waals surface area contributed by atoms with Crippen LogP contribution in [0.2, 0.25) is 5.02 Å². The van der Waals surface area contributed by atoms with E-state index < -0.39 is 0 Å². The van der Waals surface area contributed by atoms with Crippen LogP contribution in [0.4, 0.5) is 5.69 Å². The van der Waals surface area contributed by atoms with Crippen molar-refractivity contribution in [3.63, 3.8) is 0 Å². The molecule has 0 unspecified atom stereocenters. The van der Waals surface area contributed by atoms with Gasteiger partial charge in [-0.25, -0.2) is 0 Å². The van der Waals surface area contributed by atoms with Gasteiger partial charge in [0.15, 0.2) is 0 Å². The van der Waals surface area contributed by atoms with E-state index in [1.54, 1.807) is 24.3 Å². The summed E-state index contributed by atoms with van der Waals surface area (Å²) in [6.45, 7) is 10.3. The molecule has 1 aliphatic heterocycles. The number of anilines is 1. The largest absolute Gasteiger partial charge is 0.326 e. The fraction of sp³-hybridized carbons (Fsp3) is 0.310. The van der Waals surface area contributed by atoms with E-state index in [1.165, 1.54) is 32.9 Å². The van der Waals surface area contributed by atoms with Gasteiger partial charge in [-0.2, -0.15) is 5.26 Å². The van der Waals surface area contributed by atoms with E-state index in [1.807, 2.05) is 68.4 Å². The van der Waals surface area contributed by atoms with Crippen LogP contribution in [-0.4, -0.2) is 19.0 Å². The molecular formula is C29H36ClN3O. The second kappa shape index (κ2) is 17.4. The number of rotatable bonds is 2. The molecule has 0 spiro atoms. The molecule has 1 saturated heterocycles. The number of amides is 1. The summed E-state index contributed by atoms with van der Waals surface area (Å²) >= 11 is 5.68. The van der Waals surface area contributed by atoms with Gasteiger partial charge in [0.25, 0.3) is 0 Å². The van der Waals surface area contributed by atoms with E-state index in [-0.39, 0.29) is 5.91 Å². The minimum Gasteiger partial charge on any atom is -0.326 e. The molecular weight excluding hydrogens is 442 g/mol. The predicted molar refractivity (Wildman–Crippen MR) is 145 cm³/mol. The Kier molecular flexibility index (Phi) is 14.8. The third-order valence-electron chi connectivity index (χ3n) is 4.87. The zero-order valence-electron chi connectivity index (χ0n) is 20.6. The molecule has 3 aromatic rings. The Morgan fingerprint density at radius 2 is 1.56 bits per heavy atom. The molecule has 1 aliphatic rings. The van der Waals surface area contributed by atoms with E-state index in [9.17, 15) is 4.79 Å². The van der Waals surface area contributed by atoms with Gasteiger partial charge >= 0.3 is 0 Å². The second-order valence-corrected chi connectivity index (χ2v) is 8.12. The second-order valence-electron chi connectivity index (χ2n) is 7.68. The van der Waals surface area contributed by atoms with Crippen LogP contribution in [0.3, 0.4) is 0 Å². The molecule has 1 heterocycles. The summed E-state index contributed by atoms with van der Waals surface area (Å²) in [6.07, 6.45) is 2.75. The number of hydrogen-bond acceptors (Lipinski definition) is 3. The molecule has 0 bridgehead atoms. The van der Waals surface area contributed by atoms with E-state index >= 15 is 0 Å². The number of carbonyl (C=O) groups is 1.